The first-order valence-corrected chi connectivity index (χ1v) is 5.23. The predicted molar refractivity (Wildman–Crippen MR) is 66.5 cm³/mol. The van der Waals surface area contributed by atoms with Crippen LogP contribution in [0.5, 0.6) is 0 Å². The largest absolute Gasteiger partial charge is 0.387 e. The van der Waals surface area contributed by atoms with E-state index in [1.54, 1.807) is 0 Å². The molecule has 1 atom stereocenters. The molecular formula is C12H17ClN2. The number of halogens is 1. The van der Waals surface area contributed by atoms with Crippen LogP contribution in [0.2, 0.25) is 0 Å². The summed E-state index contributed by atoms with van der Waals surface area (Å²) in [5.41, 5.74) is 7.10. The van der Waals surface area contributed by atoms with Crippen molar-refractivity contribution in [2.45, 2.75) is 31.7 Å². The highest BCUT2D eigenvalue weighted by Crippen LogP contribution is 2.26. The van der Waals surface area contributed by atoms with Gasteiger partial charge in [-0.05, 0) is 18.4 Å². The van der Waals surface area contributed by atoms with Gasteiger partial charge in [0.1, 0.15) is 0 Å². The second-order valence-electron chi connectivity index (χ2n) is 3.79. The lowest BCUT2D eigenvalue weighted by molar-refractivity contribution is 0.618. The third-order valence-electron chi connectivity index (χ3n) is 2.67. The van der Waals surface area contributed by atoms with Crippen molar-refractivity contribution in [2.75, 3.05) is 0 Å². The lowest BCUT2D eigenvalue weighted by atomic mass is 10.0. The van der Waals surface area contributed by atoms with E-state index in [0.29, 0.717) is 6.04 Å². The summed E-state index contributed by atoms with van der Waals surface area (Å²) in [6, 6.07) is 10.7. The number of benzene rings is 1. The topological polar surface area (TPSA) is 38.4 Å². The molecule has 15 heavy (non-hydrogen) atoms. The van der Waals surface area contributed by atoms with E-state index in [0.717, 1.165) is 18.7 Å². The van der Waals surface area contributed by atoms with E-state index in [-0.39, 0.29) is 12.4 Å². The summed E-state index contributed by atoms with van der Waals surface area (Å²) < 4.78 is 0. The van der Waals surface area contributed by atoms with Gasteiger partial charge in [-0.15, -0.1) is 12.4 Å². The molecule has 1 aromatic rings. The van der Waals surface area contributed by atoms with Crippen LogP contribution in [0.15, 0.2) is 35.3 Å². The Morgan fingerprint density at radius 1 is 1.13 bits per heavy atom. The van der Waals surface area contributed by atoms with Gasteiger partial charge in [0.25, 0.3) is 0 Å². The molecule has 3 heteroatoms. The van der Waals surface area contributed by atoms with Crippen molar-refractivity contribution < 1.29 is 0 Å². The Labute approximate surface area is 97.0 Å². The van der Waals surface area contributed by atoms with Crippen molar-refractivity contribution >= 4 is 18.2 Å². The van der Waals surface area contributed by atoms with Gasteiger partial charge in [0.15, 0.2) is 0 Å². The molecule has 0 fully saturated rings. The normalized spacial score (nSPS) is 21.1. The van der Waals surface area contributed by atoms with E-state index in [1.807, 2.05) is 6.07 Å². The third-order valence-corrected chi connectivity index (χ3v) is 2.67. The molecule has 2 rings (SSSR count). The van der Waals surface area contributed by atoms with Gasteiger partial charge in [-0.3, -0.25) is 4.99 Å². The van der Waals surface area contributed by atoms with Crippen molar-refractivity contribution in [1.82, 2.24) is 0 Å². The molecule has 82 valence electrons. The molecule has 0 aromatic heterocycles. The number of rotatable bonds is 1. The second kappa shape index (κ2) is 5.76. The van der Waals surface area contributed by atoms with Gasteiger partial charge in [-0.1, -0.05) is 36.8 Å². The highest BCUT2D eigenvalue weighted by atomic mass is 35.5. The van der Waals surface area contributed by atoms with Crippen molar-refractivity contribution in [2.24, 2.45) is 10.7 Å². The van der Waals surface area contributed by atoms with Gasteiger partial charge in [0.2, 0.25) is 0 Å². The quantitative estimate of drug-likeness (QED) is 0.782. The zero-order valence-electron chi connectivity index (χ0n) is 8.73. The maximum Gasteiger partial charge on any atom is 0.0944 e. The maximum absolute atomic E-state index is 5.81. The Balaban J connectivity index is 0.00000112. The summed E-state index contributed by atoms with van der Waals surface area (Å²) in [5, 5.41) is 0. The lowest BCUT2D eigenvalue weighted by Gasteiger charge is -2.10. The van der Waals surface area contributed by atoms with Crippen molar-refractivity contribution in [1.29, 1.82) is 0 Å². The van der Waals surface area contributed by atoms with Gasteiger partial charge in [0, 0.05) is 6.42 Å². The van der Waals surface area contributed by atoms with Crippen LogP contribution in [0.4, 0.5) is 0 Å². The molecule has 0 spiro atoms. The van der Waals surface area contributed by atoms with E-state index in [1.165, 1.54) is 18.4 Å². The number of aliphatic imine (C=N–C) groups is 1. The zero-order chi connectivity index (χ0) is 9.80. The van der Waals surface area contributed by atoms with E-state index < -0.39 is 0 Å². The van der Waals surface area contributed by atoms with Gasteiger partial charge >= 0.3 is 0 Å². The molecule has 2 N–H and O–H groups in total. The number of hydrogen-bond donors (Lipinski definition) is 1. The number of amidine groups is 1. The number of nitrogens with two attached hydrogens (primary N) is 1. The minimum Gasteiger partial charge on any atom is -0.387 e. The monoisotopic (exact) mass is 224 g/mol. The maximum atomic E-state index is 5.81. The highest BCUT2D eigenvalue weighted by molar-refractivity contribution is 5.85. The minimum atomic E-state index is 0. The van der Waals surface area contributed by atoms with E-state index in [4.69, 9.17) is 5.73 Å². The molecule has 0 saturated heterocycles. The molecule has 0 amide bonds. The Morgan fingerprint density at radius 2 is 1.87 bits per heavy atom. The number of hydrogen-bond acceptors (Lipinski definition) is 2. The summed E-state index contributed by atoms with van der Waals surface area (Å²) in [4.78, 5) is 4.54. The third kappa shape index (κ3) is 3.24. The molecule has 1 heterocycles. The number of nitrogens with zero attached hydrogens (tertiary/aromatic N) is 1. The molecule has 2 nitrogen and oxygen atoms in total. The predicted octanol–water partition coefficient (Wildman–Crippen LogP) is 3.08. The average molecular weight is 225 g/mol. The van der Waals surface area contributed by atoms with Gasteiger partial charge in [-0.2, -0.15) is 0 Å². The summed E-state index contributed by atoms with van der Waals surface area (Å²) in [5.74, 6) is 0.816. The summed E-state index contributed by atoms with van der Waals surface area (Å²) in [7, 11) is 0. The summed E-state index contributed by atoms with van der Waals surface area (Å²) >= 11 is 0. The fraction of sp³-hybridized carbons (Fsp3) is 0.417. The van der Waals surface area contributed by atoms with Crippen LogP contribution >= 0.6 is 12.4 Å². The van der Waals surface area contributed by atoms with Crippen molar-refractivity contribution in [3.63, 3.8) is 0 Å². The first kappa shape index (κ1) is 12.1. The Kier molecular flexibility index (Phi) is 4.63. The smallest absolute Gasteiger partial charge is 0.0944 e. The van der Waals surface area contributed by atoms with Gasteiger partial charge < -0.3 is 5.73 Å². The fourth-order valence-electron chi connectivity index (χ4n) is 1.89. The van der Waals surface area contributed by atoms with E-state index in [2.05, 4.69) is 29.3 Å². The molecular weight excluding hydrogens is 208 g/mol. The SMILES string of the molecule is Cl.NC1=NC(c2ccccc2)CCCC1. The minimum absolute atomic E-state index is 0. The summed E-state index contributed by atoms with van der Waals surface area (Å²) in [6.07, 6.45) is 4.50. The van der Waals surface area contributed by atoms with Crippen LogP contribution < -0.4 is 5.73 Å². The van der Waals surface area contributed by atoms with Crippen molar-refractivity contribution in [3.8, 4) is 0 Å². The molecule has 1 aromatic carbocycles. The Bertz CT molecular complexity index is 322. The van der Waals surface area contributed by atoms with Crippen LogP contribution in [0.3, 0.4) is 0 Å². The Hall–Kier alpha value is -1.02. The van der Waals surface area contributed by atoms with Crippen LogP contribution in [-0.2, 0) is 0 Å². The van der Waals surface area contributed by atoms with Crippen molar-refractivity contribution in [3.05, 3.63) is 35.9 Å². The molecule has 0 radical (unpaired) electrons. The van der Waals surface area contributed by atoms with Crippen LogP contribution in [0, 0.1) is 0 Å². The van der Waals surface area contributed by atoms with Crippen LogP contribution in [0.1, 0.15) is 37.3 Å². The van der Waals surface area contributed by atoms with Gasteiger partial charge in [0.05, 0.1) is 11.9 Å². The summed E-state index contributed by atoms with van der Waals surface area (Å²) in [6.45, 7) is 0. The van der Waals surface area contributed by atoms with E-state index in [9.17, 15) is 0 Å². The highest BCUT2D eigenvalue weighted by Gasteiger charge is 2.13. The second-order valence-corrected chi connectivity index (χ2v) is 3.79. The first-order valence-electron chi connectivity index (χ1n) is 5.23. The Morgan fingerprint density at radius 3 is 2.60 bits per heavy atom. The zero-order valence-corrected chi connectivity index (χ0v) is 9.54. The standard InChI is InChI=1S/C12H16N2.ClH/c13-12-9-5-4-8-11(14-12)10-6-2-1-3-7-10;/h1-3,6-7,11H,4-5,8-9H2,(H2,13,14);1H. The lowest BCUT2D eigenvalue weighted by Crippen LogP contribution is -2.11. The molecule has 1 aliphatic rings. The molecule has 1 unspecified atom stereocenters. The van der Waals surface area contributed by atoms with Crippen LogP contribution in [-0.4, -0.2) is 5.84 Å². The van der Waals surface area contributed by atoms with Crippen LogP contribution in [0.25, 0.3) is 0 Å². The van der Waals surface area contributed by atoms with Gasteiger partial charge in [-0.25, -0.2) is 0 Å². The molecule has 0 bridgehead atoms. The molecule has 0 saturated carbocycles. The molecule has 0 aliphatic carbocycles. The average Bonchev–Trinajstić information content (AvgIpc) is 2.44. The van der Waals surface area contributed by atoms with E-state index >= 15 is 0 Å². The fourth-order valence-corrected chi connectivity index (χ4v) is 1.89. The first-order chi connectivity index (χ1) is 6.86. The molecule has 1 aliphatic heterocycles.